The van der Waals surface area contributed by atoms with Crippen molar-refractivity contribution in [2.24, 2.45) is 5.92 Å². The van der Waals surface area contributed by atoms with Gasteiger partial charge in [0.1, 0.15) is 11.4 Å². The van der Waals surface area contributed by atoms with Gasteiger partial charge < -0.3 is 15.0 Å². The molecule has 0 aromatic heterocycles. The van der Waals surface area contributed by atoms with Crippen LogP contribution in [-0.4, -0.2) is 30.4 Å². The highest BCUT2D eigenvalue weighted by atomic mass is 16.6. The Morgan fingerprint density at radius 2 is 2.04 bits per heavy atom. The van der Waals surface area contributed by atoms with E-state index in [2.05, 4.69) is 5.32 Å². The summed E-state index contributed by atoms with van der Waals surface area (Å²) in [5.74, 6) is -0.789. The van der Waals surface area contributed by atoms with Crippen molar-refractivity contribution >= 4 is 28.9 Å². The summed E-state index contributed by atoms with van der Waals surface area (Å²) in [6.45, 7) is 2.13. The number of nitro benzene ring substituents is 1. The maximum atomic E-state index is 12.6. The first-order valence-electron chi connectivity index (χ1n) is 8.40. The van der Waals surface area contributed by atoms with Gasteiger partial charge in [-0.25, -0.2) is 0 Å². The monoisotopic (exact) mass is 369 g/mol. The van der Waals surface area contributed by atoms with Gasteiger partial charge in [-0.15, -0.1) is 0 Å². The normalized spacial score (nSPS) is 16.3. The summed E-state index contributed by atoms with van der Waals surface area (Å²) in [6.07, 6.45) is 0.0535. The van der Waals surface area contributed by atoms with E-state index in [4.69, 9.17) is 4.74 Å². The summed E-state index contributed by atoms with van der Waals surface area (Å²) in [4.78, 5) is 37.2. The molecule has 1 aliphatic heterocycles. The molecule has 0 aliphatic carbocycles. The minimum Gasteiger partial charge on any atom is -0.497 e. The minimum absolute atomic E-state index is 0.0474. The zero-order valence-electron chi connectivity index (χ0n) is 15.0. The van der Waals surface area contributed by atoms with Crippen LogP contribution in [-0.2, 0) is 9.59 Å². The highest BCUT2D eigenvalue weighted by Crippen LogP contribution is 2.31. The Kier molecular flexibility index (Phi) is 5.07. The topological polar surface area (TPSA) is 102 Å². The number of carbonyl (C=O) groups excluding carboxylic acids is 2. The van der Waals surface area contributed by atoms with Crippen molar-refractivity contribution in [3.63, 3.8) is 0 Å². The van der Waals surface area contributed by atoms with E-state index in [9.17, 15) is 19.7 Å². The van der Waals surface area contributed by atoms with Crippen molar-refractivity contribution < 1.29 is 19.2 Å². The lowest BCUT2D eigenvalue weighted by Gasteiger charge is -2.19. The molecule has 0 saturated carbocycles. The SMILES string of the molecule is COc1ccc([N+](=O)[O-])c(NC(=O)[C@@H]2CC(=O)N(c3ccccc3C)C2)c1. The number of ether oxygens (including phenoxy) is 1. The number of para-hydroxylation sites is 1. The standard InChI is InChI=1S/C19H19N3O5/c1-12-5-3-4-6-16(12)21-11-13(9-18(21)23)19(24)20-15-10-14(27-2)7-8-17(15)22(25)26/h3-8,10,13H,9,11H2,1-2H3,(H,20,24)/t13-/m1/s1. The minimum atomic E-state index is -0.595. The van der Waals surface area contributed by atoms with Crippen LogP contribution in [0.4, 0.5) is 17.1 Å². The van der Waals surface area contributed by atoms with E-state index >= 15 is 0 Å². The van der Waals surface area contributed by atoms with Gasteiger partial charge in [-0.05, 0) is 24.6 Å². The van der Waals surface area contributed by atoms with Crippen molar-refractivity contribution in [3.8, 4) is 5.75 Å². The second kappa shape index (κ2) is 7.45. The number of rotatable bonds is 5. The molecule has 1 atom stereocenters. The van der Waals surface area contributed by atoms with Gasteiger partial charge in [0.2, 0.25) is 11.8 Å². The molecule has 2 amide bonds. The Morgan fingerprint density at radius 1 is 1.30 bits per heavy atom. The number of amides is 2. The molecule has 1 heterocycles. The van der Waals surface area contributed by atoms with Crippen molar-refractivity contribution in [1.29, 1.82) is 0 Å². The summed E-state index contributed by atoms with van der Waals surface area (Å²) in [5.41, 5.74) is 1.52. The average molecular weight is 369 g/mol. The molecule has 27 heavy (non-hydrogen) atoms. The predicted molar refractivity (Wildman–Crippen MR) is 99.9 cm³/mol. The first-order chi connectivity index (χ1) is 12.9. The van der Waals surface area contributed by atoms with E-state index < -0.39 is 16.7 Å². The van der Waals surface area contributed by atoms with E-state index in [0.717, 1.165) is 11.3 Å². The fraction of sp³-hybridized carbons (Fsp3) is 0.263. The van der Waals surface area contributed by atoms with E-state index in [1.165, 1.54) is 25.3 Å². The summed E-state index contributed by atoms with van der Waals surface area (Å²) in [7, 11) is 1.43. The fourth-order valence-electron chi connectivity index (χ4n) is 3.12. The summed E-state index contributed by atoms with van der Waals surface area (Å²) in [6, 6.07) is 11.6. The van der Waals surface area contributed by atoms with Crippen LogP contribution in [0.3, 0.4) is 0 Å². The van der Waals surface area contributed by atoms with Gasteiger partial charge in [0.15, 0.2) is 0 Å². The molecule has 8 heteroatoms. The number of methoxy groups -OCH3 is 1. The maximum Gasteiger partial charge on any atom is 0.293 e. The summed E-state index contributed by atoms with van der Waals surface area (Å²) >= 11 is 0. The Bertz CT molecular complexity index is 912. The molecule has 0 spiro atoms. The number of anilines is 2. The first kappa shape index (κ1) is 18.4. The van der Waals surface area contributed by atoms with Crippen LogP contribution < -0.4 is 15.0 Å². The number of carbonyl (C=O) groups is 2. The molecule has 3 rings (SSSR count). The quantitative estimate of drug-likeness (QED) is 0.645. The van der Waals surface area contributed by atoms with Gasteiger partial charge in [0.05, 0.1) is 18.0 Å². The smallest absolute Gasteiger partial charge is 0.293 e. The Morgan fingerprint density at radius 3 is 2.70 bits per heavy atom. The van der Waals surface area contributed by atoms with Crippen LogP contribution in [0.15, 0.2) is 42.5 Å². The van der Waals surface area contributed by atoms with Gasteiger partial charge in [-0.3, -0.25) is 19.7 Å². The van der Waals surface area contributed by atoms with Gasteiger partial charge in [0.25, 0.3) is 5.69 Å². The zero-order valence-corrected chi connectivity index (χ0v) is 15.0. The number of hydrogen-bond acceptors (Lipinski definition) is 5. The molecule has 1 aliphatic rings. The molecule has 0 radical (unpaired) electrons. The molecule has 1 N–H and O–H groups in total. The van der Waals surface area contributed by atoms with Crippen molar-refractivity contribution in [3.05, 3.63) is 58.1 Å². The Balaban J connectivity index is 1.79. The molecule has 0 unspecified atom stereocenters. The van der Waals surface area contributed by atoms with Crippen LogP contribution >= 0.6 is 0 Å². The van der Waals surface area contributed by atoms with Gasteiger partial charge in [0, 0.05) is 30.8 Å². The zero-order chi connectivity index (χ0) is 19.6. The van der Waals surface area contributed by atoms with E-state index in [-0.39, 0.29) is 30.2 Å². The third-order valence-corrected chi connectivity index (χ3v) is 4.56. The Labute approximate surface area is 155 Å². The molecule has 2 aromatic carbocycles. The number of benzene rings is 2. The van der Waals surface area contributed by atoms with Crippen LogP contribution in [0, 0.1) is 23.0 Å². The van der Waals surface area contributed by atoms with Crippen molar-refractivity contribution in [2.45, 2.75) is 13.3 Å². The van der Waals surface area contributed by atoms with Crippen LogP contribution in [0.1, 0.15) is 12.0 Å². The highest BCUT2D eigenvalue weighted by Gasteiger charge is 2.36. The second-order valence-corrected chi connectivity index (χ2v) is 6.32. The van der Waals surface area contributed by atoms with Gasteiger partial charge in [-0.1, -0.05) is 18.2 Å². The third kappa shape index (κ3) is 3.74. The third-order valence-electron chi connectivity index (χ3n) is 4.56. The molecule has 8 nitrogen and oxygen atoms in total. The fourth-order valence-corrected chi connectivity index (χ4v) is 3.12. The van der Waals surface area contributed by atoms with Gasteiger partial charge in [-0.2, -0.15) is 0 Å². The number of nitrogens with one attached hydrogen (secondary N) is 1. The van der Waals surface area contributed by atoms with Crippen LogP contribution in [0.2, 0.25) is 0 Å². The van der Waals surface area contributed by atoms with Crippen molar-refractivity contribution in [2.75, 3.05) is 23.9 Å². The molecular formula is C19H19N3O5. The molecular weight excluding hydrogens is 350 g/mol. The van der Waals surface area contributed by atoms with Crippen LogP contribution in [0.25, 0.3) is 0 Å². The molecule has 1 fully saturated rings. The van der Waals surface area contributed by atoms with E-state index in [1.54, 1.807) is 4.90 Å². The first-order valence-corrected chi connectivity index (χ1v) is 8.40. The average Bonchev–Trinajstić information content (AvgIpc) is 3.03. The number of hydrogen-bond donors (Lipinski definition) is 1. The van der Waals surface area contributed by atoms with E-state index in [0.29, 0.717) is 5.75 Å². The molecule has 2 aromatic rings. The largest absolute Gasteiger partial charge is 0.497 e. The second-order valence-electron chi connectivity index (χ2n) is 6.32. The van der Waals surface area contributed by atoms with Gasteiger partial charge >= 0.3 is 0 Å². The number of nitro groups is 1. The van der Waals surface area contributed by atoms with E-state index in [1.807, 2.05) is 31.2 Å². The molecule has 140 valence electrons. The maximum absolute atomic E-state index is 12.6. The summed E-state index contributed by atoms with van der Waals surface area (Å²) < 4.78 is 5.07. The van der Waals surface area contributed by atoms with Crippen molar-refractivity contribution in [1.82, 2.24) is 0 Å². The lowest BCUT2D eigenvalue weighted by Crippen LogP contribution is -2.28. The summed E-state index contributed by atoms with van der Waals surface area (Å²) in [5, 5.41) is 13.8. The molecule has 1 saturated heterocycles. The number of nitrogens with zero attached hydrogens (tertiary/aromatic N) is 2. The highest BCUT2D eigenvalue weighted by molar-refractivity contribution is 6.04. The lowest BCUT2D eigenvalue weighted by atomic mass is 10.1. The Hall–Kier alpha value is -3.42. The van der Waals surface area contributed by atoms with Crippen LogP contribution in [0.5, 0.6) is 5.75 Å². The molecule has 0 bridgehead atoms. The number of aryl methyl sites for hydroxylation is 1. The predicted octanol–water partition coefficient (Wildman–Crippen LogP) is 2.90. The lowest BCUT2D eigenvalue weighted by molar-refractivity contribution is -0.383.